The Hall–Kier alpha value is -2.08. The molecule has 0 aliphatic heterocycles. The molecule has 0 amide bonds. The maximum atomic E-state index is 11.1. The normalized spacial score (nSPS) is 11.2. The average molecular weight is 265 g/mol. The Morgan fingerprint density at radius 3 is 2.58 bits per heavy atom. The molecule has 0 aliphatic carbocycles. The van der Waals surface area contributed by atoms with Crippen molar-refractivity contribution in [2.45, 2.75) is 26.3 Å². The first-order valence-electron chi connectivity index (χ1n) is 6.14. The van der Waals surface area contributed by atoms with Gasteiger partial charge in [0.05, 0.1) is 6.61 Å². The summed E-state index contributed by atoms with van der Waals surface area (Å²) in [5, 5.41) is 3.52. The second-order valence-electron chi connectivity index (χ2n) is 3.92. The molecule has 6 nitrogen and oxygen atoms in total. The van der Waals surface area contributed by atoms with Crippen molar-refractivity contribution in [1.29, 1.82) is 0 Å². The molecule has 0 aromatic heterocycles. The zero-order chi connectivity index (χ0) is 14.1. The number of unbranched alkanes of at least 4 members (excludes halogenated alkanes) is 1. The molecular weight excluding hydrogens is 246 g/mol. The SMILES string of the molecule is CCCCOC(=O)ON=C(N)c1ccc(CN)cc1. The second kappa shape index (κ2) is 8.10. The van der Waals surface area contributed by atoms with Gasteiger partial charge in [-0.3, -0.25) is 4.84 Å². The Balaban J connectivity index is 2.49. The van der Waals surface area contributed by atoms with E-state index in [0.29, 0.717) is 18.7 Å². The minimum Gasteiger partial charge on any atom is -0.433 e. The third kappa shape index (κ3) is 5.39. The van der Waals surface area contributed by atoms with Crippen molar-refractivity contribution in [3.63, 3.8) is 0 Å². The van der Waals surface area contributed by atoms with E-state index in [1.165, 1.54) is 0 Å². The van der Waals surface area contributed by atoms with Crippen molar-refractivity contribution in [1.82, 2.24) is 0 Å². The standard InChI is InChI=1S/C13H19N3O3/c1-2-3-8-18-13(17)19-16-12(15)11-6-4-10(9-14)5-7-11/h4-7H,2-3,8-9,14H2,1H3,(H2,15,16). The molecule has 1 aromatic carbocycles. The molecule has 0 saturated carbocycles. The van der Waals surface area contributed by atoms with Crippen molar-refractivity contribution < 1.29 is 14.4 Å². The highest BCUT2D eigenvalue weighted by molar-refractivity contribution is 5.97. The summed E-state index contributed by atoms with van der Waals surface area (Å²) in [5.74, 6) is 0.107. The molecule has 0 spiro atoms. The lowest BCUT2D eigenvalue weighted by Crippen LogP contribution is -2.16. The molecule has 0 unspecified atom stereocenters. The Kier molecular flexibility index (Phi) is 6.38. The second-order valence-corrected chi connectivity index (χ2v) is 3.92. The van der Waals surface area contributed by atoms with Crippen molar-refractivity contribution in [3.8, 4) is 0 Å². The molecule has 1 rings (SSSR count). The van der Waals surface area contributed by atoms with Crippen LogP contribution in [0.2, 0.25) is 0 Å². The number of rotatable bonds is 6. The van der Waals surface area contributed by atoms with Gasteiger partial charge in [0.1, 0.15) is 0 Å². The van der Waals surface area contributed by atoms with Gasteiger partial charge in [0, 0.05) is 12.1 Å². The number of ether oxygens (including phenoxy) is 1. The zero-order valence-electron chi connectivity index (χ0n) is 11.0. The summed E-state index contributed by atoms with van der Waals surface area (Å²) in [6.45, 7) is 2.77. The van der Waals surface area contributed by atoms with E-state index in [-0.39, 0.29) is 5.84 Å². The molecule has 19 heavy (non-hydrogen) atoms. The van der Waals surface area contributed by atoms with E-state index in [0.717, 1.165) is 18.4 Å². The summed E-state index contributed by atoms with van der Waals surface area (Å²) in [4.78, 5) is 15.7. The monoisotopic (exact) mass is 265 g/mol. The first-order valence-corrected chi connectivity index (χ1v) is 6.14. The van der Waals surface area contributed by atoms with E-state index in [4.69, 9.17) is 16.2 Å². The van der Waals surface area contributed by atoms with Gasteiger partial charge < -0.3 is 16.2 Å². The molecule has 4 N–H and O–H groups in total. The van der Waals surface area contributed by atoms with Crippen LogP contribution in [0.15, 0.2) is 29.4 Å². The van der Waals surface area contributed by atoms with Crippen LogP contribution < -0.4 is 11.5 Å². The molecule has 1 aromatic rings. The molecule has 104 valence electrons. The summed E-state index contributed by atoms with van der Waals surface area (Å²) in [5.41, 5.74) is 12.8. The Bertz CT molecular complexity index is 429. The summed E-state index contributed by atoms with van der Waals surface area (Å²) in [6, 6.07) is 7.17. The highest BCUT2D eigenvalue weighted by Gasteiger charge is 2.05. The lowest BCUT2D eigenvalue weighted by molar-refractivity contribution is 0.0565. The smallest absolute Gasteiger partial charge is 0.433 e. The Morgan fingerprint density at radius 2 is 2.00 bits per heavy atom. The van der Waals surface area contributed by atoms with Gasteiger partial charge in [-0.1, -0.05) is 42.8 Å². The van der Waals surface area contributed by atoms with E-state index in [9.17, 15) is 4.79 Å². The average Bonchev–Trinajstić information content (AvgIpc) is 2.45. The predicted octanol–water partition coefficient (Wildman–Crippen LogP) is 1.72. The molecular formula is C13H19N3O3. The van der Waals surface area contributed by atoms with Crippen LogP contribution in [0.4, 0.5) is 4.79 Å². The highest BCUT2D eigenvalue weighted by atomic mass is 16.8. The number of hydrogen-bond donors (Lipinski definition) is 2. The van der Waals surface area contributed by atoms with Gasteiger partial charge in [0.2, 0.25) is 0 Å². The first kappa shape index (κ1) is 15.0. The lowest BCUT2D eigenvalue weighted by atomic mass is 10.1. The number of carbonyl (C=O) groups excluding carboxylic acids is 1. The summed E-state index contributed by atoms with van der Waals surface area (Å²) in [6.07, 6.45) is 0.871. The van der Waals surface area contributed by atoms with Crippen molar-refractivity contribution in [3.05, 3.63) is 35.4 Å². The number of nitrogens with two attached hydrogens (primary N) is 2. The molecule has 0 saturated heterocycles. The minimum absolute atomic E-state index is 0.107. The van der Waals surface area contributed by atoms with Gasteiger partial charge in [-0.25, -0.2) is 4.79 Å². The number of amidine groups is 1. The largest absolute Gasteiger partial charge is 0.535 e. The maximum absolute atomic E-state index is 11.1. The molecule has 0 radical (unpaired) electrons. The van der Waals surface area contributed by atoms with Gasteiger partial charge in [0.15, 0.2) is 5.84 Å². The van der Waals surface area contributed by atoms with Crippen LogP contribution in [0.3, 0.4) is 0 Å². The van der Waals surface area contributed by atoms with Gasteiger partial charge in [-0.05, 0) is 12.0 Å². The van der Waals surface area contributed by atoms with Crippen LogP contribution in [0.5, 0.6) is 0 Å². The van der Waals surface area contributed by atoms with Crippen LogP contribution in [0.1, 0.15) is 30.9 Å². The molecule has 0 fully saturated rings. The molecule has 0 aliphatic rings. The number of carbonyl (C=O) groups is 1. The quantitative estimate of drug-likeness (QED) is 0.204. The fraction of sp³-hybridized carbons (Fsp3) is 0.385. The Labute approximate surface area is 112 Å². The third-order valence-corrected chi connectivity index (χ3v) is 2.42. The van der Waals surface area contributed by atoms with E-state index in [1.54, 1.807) is 12.1 Å². The van der Waals surface area contributed by atoms with E-state index >= 15 is 0 Å². The third-order valence-electron chi connectivity index (χ3n) is 2.42. The van der Waals surface area contributed by atoms with Crippen molar-refractivity contribution >= 4 is 12.0 Å². The molecule has 0 atom stereocenters. The fourth-order valence-electron chi connectivity index (χ4n) is 1.28. The fourth-order valence-corrected chi connectivity index (χ4v) is 1.28. The molecule has 6 heteroatoms. The van der Waals surface area contributed by atoms with Gasteiger partial charge >= 0.3 is 6.16 Å². The van der Waals surface area contributed by atoms with E-state index in [2.05, 4.69) is 9.99 Å². The minimum atomic E-state index is -0.852. The first-order chi connectivity index (χ1) is 9.17. The summed E-state index contributed by atoms with van der Waals surface area (Å²) in [7, 11) is 0. The van der Waals surface area contributed by atoms with Crippen LogP contribution in [-0.4, -0.2) is 18.6 Å². The van der Waals surface area contributed by atoms with Crippen LogP contribution in [0.25, 0.3) is 0 Å². The van der Waals surface area contributed by atoms with Gasteiger partial charge in [-0.2, -0.15) is 0 Å². The Morgan fingerprint density at radius 1 is 1.32 bits per heavy atom. The van der Waals surface area contributed by atoms with E-state index < -0.39 is 6.16 Å². The van der Waals surface area contributed by atoms with Crippen molar-refractivity contribution in [2.24, 2.45) is 16.6 Å². The highest BCUT2D eigenvalue weighted by Crippen LogP contribution is 2.04. The summed E-state index contributed by atoms with van der Waals surface area (Å²) < 4.78 is 4.76. The van der Waals surface area contributed by atoms with Crippen LogP contribution in [0, 0.1) is 0 Å². The molecule has 0 heterocycles. The lowest BCUT2D eigenvalue weighted by Gasteiger charge is -2.03. The number of oxime groups is 1. The zero-order valence-corrected chi connectivity index (χ0v) is 11.0. The topological polar surface area (TPSA) is 99.9 Å². The number of nitrogens with zero attached hydrogens (tertiary/aromatic N) is 1. The number of hydrogen-bond acceptors (Lipinski definition) is 5. The van der Waals surface area contributed by atoms with Crippen LogP contribution >= 0.6 is 0 Å². The summed E-state index contributed by atoms with van der Waals surface area (Å²) >= 11 is 0. The van der Waals surface area contributed by atoms with E-state index in [1.807, 2.05) is 19.1 Å². The predicted molar refractivity (Wildman–Crippen MR) is 72.4 cm³/mol. The van der Waals surface area contributed by atoms with Gasteiger partial charge in [0.25, 0.3) is 0 Å². The van der Waals surface area contributed by atoms with Crippen LogP contribution in [-0.2, 0) is 16.1 Å². The van der Waals surface area contributed by atoms with Gasteiger partial charge in [-0.15, -0.1) is 0 Å². The van der Waals surface area contributed by atoms with Crippen molar-refractivity contribution in [2.75, 3.05) is 6.61 Å². The molecule has 0 bridgehead atoms. The maximum Gasteiger partial charge on any atom is 0.535 e. The number of benzene rings is 1.